The molecule has 3 heteroatoms. The van der Waals surface area contributed by atoms with E-state index in [9.17, 15) is 0 Å². The van der Waals surface area contributed by atoms with Crippen LogP contribution in [0, 0.1) is 5.92 Å². The number of nitrogens with two attached hydrogens (primary N) is 1. The lowest BCUT2D eigenvalue weighted by Crippen LogP contribution is -2.00. The van der Waals surface area contributed by atoms with Gasteiger partial charge >= 0.3 is 0 Å². The van der Waals surface area contributed by atoms with E-state index in [1.165, 1.54) is 24.1 Å². The van der Waals surface area contributed by atoms with Crippen LogP contribution in [0.3, 0.4) is 0 Å². The standard InChI is InChI=1S/C12H21N3/c1-5-8-6-9(8)11-10(7(2)3)12(13)15(4)14-11/h7-9H,5-6,13H2,1-4H3/t8-,9-/m1/s1. The molecule has 1 heterocycles. The van der Waals surface area contributed by atoms with Crippen molar-refractivity contribution in [3.8, 4) is 0 Å². The van der Waals surface area contributed by atoms with Crippen molar-refractivity contribution in [1.82, 2.24) is 9.78 Å². The van der Waals surface area contributed by atoms with Gasteiger partial charge in [0.25, 0.3) is 0 Å². The number of rotatable bonds is 3. The molecular formula is C12H21N3. The SMILES string of the molecule is CC[C@@H]1C[C@H]1c1nn(C)c(N)c1C(C)C. The molecule has 1 aromatic heterocycles. The van der Waals surface area contributed by atoms with Gasteiger partial charge in [-0.05, 0) is 18.3 Å². The zero-order chi connectivity index (χ0) is 11.2. The largest absolute Gasteiger partial charge is 0.384 e. The summed E-state index contributed by atoms with van der Waals surface area (Å²) in [7, 11) is 1.94. The Bertz CT molecular complexity index is 365. The van der Waals surface area contributed by atoms with Crippen LogP contribution < -0.4 is 5.73 Å². The second kappa shape index (κ2) is 3.54. The molecule has 1 fully saturated rings. The van der Waals surface area contributed by atoms with Crippen LogP contribution in [0.25, 0.3) is 0 Å². The summed E-state index contributed by atoms with van der Waals surface area (Å²) in [4.78, 5) is 0. The zero-order valence-corrected chi connectivity index (χ0v) is 10.1. The highest BCUT2D eigenvalue weighted by atomic mass is 15.3. The molecule has 1 saturated carbocycles. The summed E-state index contributed by atoms with van der Waals surface area (Å²) in [6, 6.07) is 0. The predicted octanol–water partition coefficient (Wildman–Crippen LogP) is 2.64. The molecule has 1 aliphatic rings. The molecule has 1 aliphatic carbocycles. The molecule has 2 rings (SSSR count). The van der Waals surface area contributed by atoms with E-state index in [-0.39, 0.29) is 0 Å². The molecule has 0 bridgehead atoms. The van der Waals surface area contributed by atoms with Crippen molar-refractivity contribution in [3.05, 3.63) is 11.3 Å². The van der Waals surface area contributed by atoms with E-state index in [1.54, 1.807) is 0 Å². The van der Waals surface area contributed by atoms with E-state index >= 15 is 0 Å². The van der Waals surface area contributed by atoms with Crippen LogP contribution in [-0.2, 0) is 7.05 Å². The molecule has 0 saturated heterocycles. The van der Waals surface area contributed by atoms with Crippen molar-refractivity contribution < 1.29 is 0 Å². The van der Waals surface area contributed by atoms with Crippen LogP contribution in [0.5, 0.6) is 0 Å². The molecule has 15 heavy (non-hydrogen) atoms. The second-order valence-electron chi connectivity index (χ2n) is 4.97. The Labute approximate surface area is 91.7 Å². The molecule has 0 aromatic carbocycles. The number of aromatic nitrogens is 2. The molecule has 0 unspecified atom stereocenters. The fourth-order valence-corrected chi connectivity index (χ4v) is 2.47. The van der Waals surface area contributed by atoms with Crippen molar-refractivity contribution in [2.24, 2.45) is 13.0 Å². The molecular weight excluding hydrogens is 186 g/mol. The first kappa shape index (κ1) is 10.5. The number of anilines is 1. The normalized spacial score (nSPS) is 24.9. The molecule has 0 spiro atoms. The lowest BCUT2D eigenvalue weighted by molar-refractivity contribution is 0.713. The predicted molar refractivity (Wildman–Crippen MR) is 62.8 cm³/mol. The molecule has 2 N–H and O–H groups in total. The number of nitrogen functional groups attached to an aromatic ring is 1. The maximum Gasteiger partial charge on any atom is 0.125 e. The van der Waals surface area contributed by atoms with Crippen molar-refractivity contribution in [3.63, 3.8) is 0 Å². The summed E-state index contributed by atoms with van der Waals surface area (Å²) >= 11 is 0. The van der Waals surface area contributed by atoms with Crippen LogP contribution in [0.4, 0.5) is 5.82 Å². The molecule has 1 aromatic rings. The number of aryl methyl sites for hydroxylation is 1. The fraction of sp³-hybridized carbons (Fsp3) is 0.750. The van der Waals surface area contributed by atoms with E-state index < -0.39 is 0 Å². The first-order valence-corrected chi connectivity index (χ1v) is 5.88. The molecule has 2 atom stereocenters. The fourth-order valence-electron chi connectivity index (χ4n) is 2.47. The Morgan fingerprint density at radius 1 is 1.53 bits per heavy atom. The maximum atomic E-state index is 6.06. The van der Waals surface area contributed by atoms with Gasteiger partial charge in [0.1, 0.15) is 5.82 Å². The highest BCUT2D eigenvalue weighted by Gasteiger charge is 2.41. The van der Waals surface area contributed by atoms with E-state index in [0.717, 1.165) is 11.7 Å². The lowest BCUT2D eigenvalue weighted by Gasteiger charge is -2.06. The van der Waals surface area contributed by atoms with Crippen LogP contribution in [-0.4, -0.2) is 9.78 Å². The average Bonchev–Trinajstić information content (AvgIpc) is 2.89. The van der Waals surface area contributed by atoms with E-state index in [4.69, 9.17) is 5.73 Å². The Kier molecular flexibility index (Phi) is 2.49. The number of hydrogen-bond donors (Lipinski definition) is 1. The minimum Gasteiger partial charge on any atom is -0.384 e. The van der Waals surface area contributed by atoms with E-state index in [2.05, 4.69) is 25.9 Å². The van der Waals surface area contributed by atoms with Crippen molar-refractivity contribution in [1.29, 1.82) is 0 Å². The minimum absolute atomic E-state index is 0.479. The first-order valence-electron chi connectivity index (χ1n) is 5.88. The van der Waals surface area contributed by atoms with Gasteiger partial charge in [0.2, 0.25) is 0 Å². The quantitative estimate of drug-likeness (QED) is 0.828. The van der Waals surface area contributed by atoms with Gasteiger partial charge < -0.3 is 5.73 Å². The van der Waals surface area contributed by atoms with Crippen LogP contribution in [0.2, 0.25) is 0 Å². The van der Waals surface area contributed by atoms with Crippen molar-refractivity contribution in [2.45, 2.75) is 45.4 Å². The van der Waals surface area contributed by atoms with Crippen molar-refractivity contribution in [2.75, 3.05) is 5.73 Å². The first-order chi connectivity index (χ1) is 7.06. The third kappa shape index (κ3) is 1.64. The average molecular weight is 207 g/mol. The third-order valence-electron chi connectivity index (χ3n) is 3.53. The van der Waals surface area contributed by atoms with Gasteiger partial charge in [-0.3, -0.25) is 4.68 Å². The molecule has 0 aliphatic heterocycles. The summed E-state index contributed by atoms with van der Waals surface area (Å²) in [6.07, 6.45) is 2.56. The van der Waals surface area contributed by atoms with Gasteiger partial charge in [-0.25, -0.2) is 0 Å². The van der Waals surface area contributed by atoms with E-state index in [0.29, 0.717) is 11.8 Å². The minimum atomic E-state index is 0.479. The summed E-state index contributed by atoms with van der Waals surface area (Å²) in [5.41, 5.74) is 8.59. The van der Waals surface area contributed by atoms with Crippen LogP contribution in [0.1, 0.15) is 56.7 Å². The molecule has 0 amide bonds. The Hall–Kier alpha value is -0.990. The second-order valence-corrected chi connectivity index (χ2v) is 4.97. The summed E-state index contributed by atoms with van der Waals surface area (Å²) in [6.45, 7) is 6.65. The Morgan fingerprint density at radius 3 is 2.67 bits per heavy atom. The van der Waals surface area contributed by atoms with Gasteiger partial charge in [-0.1, -0.05) is 27.2 Å². The van der Waals surface area contributed by atoms with Crippen molar-refractivity contribution >= 4 is 5.82 Å². The van der Waals surface area contributed by atoms with Gasteiger partial charge in [0.05, 0.1) is 5.69 Å². The van der Waals surface area contributed by atoms with Gasteiger partial charge in [-0.2, -0.15) is 5.10 Å². The summed E-state index contributed by atoms with van der Waals surface area (Å²) < 4.78 is 1.83. The van der Waals surface area contributed by atoms with Gasteiger partial charge in [-0.15, -0.1) is 0 Å². The lowest BCUT2D eigenvalue weighted by atomic mass is 10.00. The molecule has 0 radical (unpaired) electrons. The number of nitrogens with zero attached hydrogens (tertiary/aromatic N) is 2. The zero-order valence-electron chi connectivity index (χ0n) is 10.1. The van der Waals surface area contributed by atoms with Crippen LogP contribution in [0.15, 0.2) is 0 Å². The monoisotopic (exact) mass is 207 g/mol. The summed E-state index contributed by atoms with van der Waals surface area (Å²) in [5.74, 6) is 2.85. The summed E-state index contributed by atoms with van der Waals surface area (Å²) in [5, 5.41) is 4.58. The van der Waals surface area contributed by atoms with Gasteiger partial charge in [0.15, 0.2) is 0 Å². The highest BCUT2D eigenvalue weighted by Crippen LogP contribution is 2.51. The third-order valence-corrected chi connectivity index (χ3v) is 3.53. The topological polar surface area (TPSA) is 43.8 Å². The number of hydrogen-bond acceptors (Lipinski definition) is 2. The van der Waals surface area contributed by atoms with Gasteiger partial charge in [0, 0.05) is 18.5 Å². The Morgan fingerprint density at radius 2 is 2.20 bits per heavy atom. The Balaban J connectivity index is 2.35. The molecule has 3 nitrogen and oxygen atoms in total. The smallest absolute Gasteiger partial charge is 0.125 e. The molecule has 84 valence electrons. The van der Waals surface area contributed by atoms with Crippen LogP contribution >= 0.6 is 0 Å². The highest BCUT2D eigenvalue weighted by molar-refractivity contribution is 5.48. The van der Waals surface area contributed by atoms with E-state index in [1.807, 2.05) is 11.7 Å². The maximum absolute atomic E-state index is 6.06.